The van der Waals surface area contributed by atoms with Crippen LogP contribution in [0.2, 0.25) is 0 Å². The highest BCUT2D eigenvalue weighted by Crippen LogP contribution is 2.33. The molecule has 0 aliphatic heterocycles. The lowest BCUT2D eigenvalue weighted by Crippen LogP contribution is -2.39. The van der Waals surface area contributed by atoms with Gasteiger partial charge in [0.25, 0.3) is 0 Å². The summed E-state index contributed by atoms with van der Waals surface area (Å²) in [5, 5.41) is 12.0. The van der Waals surface area contributed by atoms with Gasteiger partial charge in [-0.25, -0.2) is 4.98 Å². The van der Waals surface area contributed by atoms with E-state index >= 15 is 0 Å². The van der Waals surface area contributed by atoms with Crippen LogP contribution in [0.25, 0.3) is 10.2 Å². The minimum Gasteiger partial charge on any atom is -0.300 e. The van der Waals surface area contributed by atoms with Crippen molar-refractivity contribution in [1.29, 1.82) is 0 Å². The molecule has 2 aromatic heterocycles. The molecule has 1 N–H and O–H groups in total. The fourth-order valence-electron chi connectivity index (χ4n) is 2.88. The van der Waals surface area contributed by atoms with Crippen LogP contribution in [-0.4, -0.2) is 21.1 Å². The summed E-state index contributed by atoms with van der Waals surface area (Å²) in [5.41, 5.74) is 2.75. The molecule has 7 heteroatoms. The lowest BCUT2D eigenvalue weighted by molar-refractivity contribution is -0.121. The summed E-state index contributed by atoms with van der Waals surface area (Å²) in [6.45, 7) is 1.95. The number of benzene rings is 2. The summed E-state index contributed by atoms with van der Waals surface area (Å²) in [6.07, 6.45) is 0.515. The molecular formula is C19H16N4OS2. The molecular weight excluding hydrogens is 364 g/mol. The van der Waals surface area contributed by atoms with Crippen LogP contribution >= 0.6 is 22.7 Å². The zero-order valence-corrected chi connectivity index (χ0v) is 15.7. The molecule has 0 radical (unpaired) electrons. The van der Waals surface area contributed by atoms with Crippen LogP contribution in [-0.2, 0) is 16.6 Å². The second-order valence-electron chi connectivity index (χ2n) is 6.15. The smallest absolute Gasteiger partial charge is 0.237 e. The molecule has 0 bridgehead atoms. The van der Waals surface area contributed by atoms with Crippen molar-refractivity contribution in [2.75, 3.05) is 5.32 Å². The molecule has 0 saturated carbocycles. The first-order valence-corrected chi connectivity index (χ1v) is 9.82. The third-order valence-corrected chi connectivity index (χ3v) is 5.98. The van der Waals surface area contributed by atoms with Crippen LogP contribution in [0.1, 0.15) is 17.5 Å². The SMILES string of the molecule is C[C@@](Cc1nc2ccccc2s1)(C(=O)Nc1nncs1)c1ccccc1. The van der Waals surface area contributed by atoms with E-state index in [1.54, 1.807) is 16.8 Å². The zero-order valence-electron chi connectivity index (χ0n) is 14.0. The molecule has 0 aliphatic carbocycles. The Morgan fingerprint density at radius 3 is 2.62 bits per heavy atom. The first-order valence-electron chi connectivity index (χ1n) is 8.13. The molecule has 4 rings (SSSR count). The zero-order chi connectivity index (χ0) is 18.0. The number of hydrogen-bond donors (Lipinski definition) is 1. The molecule has 0 spiro atoms. The van der Waals surface area contributed by atoms with Crippen LogP contribution in [0.4, 0.5) is 5.13 Å². The van der Waals surface area contributed by atoms with Gasteiger partial charge in [-0.1, -0.05) is 53.8 Å². The van der Waals surface area contributed by atoms with E-state index in [4.69, 9.17) is 4.98 Å². The molecule has 0 saturated heterocycles. The minimum atomic E-state index is -0.763. The number of para-hydroxylation sites is 1. The van der Waals surface area contributed by atoms with Gasteiger partial charge in [0.05, 0.1) is 20.6 Å². The summed E-state index contributed by atoms with van der Waals surface area (Å²) in [7, 11) is 0. The van der Waals surface area contributed by atoms with Crippen molar-refractivity contribution in [2.24, 2.45) is 0 Å². The van der Waals surface area contributed by atoms with Crippen molar-refractivity contribution in [3.63, 3.8) is 0 Å². The highest BCUT2D eigenvalue weighted by Gasteiger charge is 2.37. The fourth-order valence-corrected chi connectivity index (χ4v) is 4.44. The first kappa shape index (κ1) is 16.8. The number of nitrogens with one attached hydrogen (secondary N) is 1. The number of carbonyl (C=O) groups is 1. The Kier molecular flexibility index (Phi) is 4.48. The van der Waals surface area contributed by atoms with Gasteiger partial charge in [0.2, 0.25) is 11.0 Å². The number of amides is 1. The maximum absolute atomic E-state index is 13.2. The van der Waals surface area contributed by atoms with Gasteiger partial charge in [-0.3, -0.25) is 10.1 Å². The maximum atomic E-state index is 13.2. The van der Waals surface area contributed by atoms with Crippen LogP contribution in [0.3, 0.4) is 0 Å². The molecule has 1 atom stereocenters. The Labute approximate surface area is 158 Å². The average Bonchev–Trinajstić information content (AvgIpc) is 3.31. The van der Waals surface area contributed by atoms with E-state index in [0.29, 0.717) is 11.6 Å². The largest absolute Gasteiger partial charge is 0.300 e. The van der Waals surface area contributed by atoms with Gasteiger partial charge in [0.1, 0.15) is 5.51 Å². The number of rotatable bonds is 5. The van der Waals surface area contributed by atoms with E-state index in [2.05, 4.69) is 21.6 Å². The third kappa shape index (κ3) is 3.23. The lowest BCUT2D eigenvalue weighted by atomic mass is 9.78. The van der Waals surface area contributed by atoms with E-state index in [-0.39, 0.29) is 5.91 Å². The fraction of sp³-hybridized carbons (Fsp3) is 0.158. The molecule has 0 aliphatic rings. The third-order valence-electron chi connectivity index (χ3n) is 4.34. The van der Waals surface area contributed by atoms with E-state index in [9.17, 15) is 4.79 Å². The highest BCUT2D eigenvalue weighted by atomic mass is 32.1. The van der Waals surface area contributed by atoms with E-state index in [0.717, 1.165) is 20.8 Å². The Bertz CT molecular complexity index is 997. The Morgan fingerprint density at radius 1 is 1.12 bits per heavy atom. The Hall–Kier alpha value is -2.64. The standard InChI is InChI=1S/C19H16N4OS2/c1-19(13-7-3-2-4-8-13,17(24)22-18-23-20-12-25-18)11-16-21-14-9-5-6-10-15(14)26-16/h2-10,12H,11H2,1H3,(H,22,23,24)/t19-/m0/s1. The van der Waals surface area contributed by atoms with Gasteiger partial charge in [-0.05, 0) is 24.6 Å². The summed E-state index contributed by atoms with van der Waals surface area (Å²) in [4.78, 5) is 17.9. The van der Waals surface area contributed by atoms with Gasteiger partial charge in [0.15, 0.2) is 0 Å². The Balaban J connectivity index is 1.71. The predicted octanol–water partition coefficient (Wildman–Crippen LogP) is 4.29. The summed E-state index contributed by atoms with van der Waals surface area (Å²) >= 11 is 2.93. The van der Waals surface area contributed by atoms with Crippen LogP contribution < -0.4 is 5.32 Å². The molecule has 2 heterocycles. The number of anilines is 1. The average molecular weight is 380 g/mol. The Morgan fingerprint density at radius 2 is 1.88 bits per heavy atom. The molecule has 26 heavy (non-hydrogen) atoms. The topological polar surface area (TPSA) is 67.8 Å². The van der Waals surface area contributed by atoms with Gasteiger partial charge in [-0.2, -0.15) is 0 Å². The first-order chi connectivity index (χ1) is 12.6. The van der Waals surface area contributed by atoms with Crippen molar-refractivity contribution in [1.82, 2.24) is 15.2 Å². The molecule has 2 aromatic carbocycles. The van der Waals surface area contributed by atoms with Crippen LogP contribution in [0, 0.1) is 0 Å². The number of nitrogens with zero attached hydrogens (tertiary/aromatic N) is 3. The number of hydrogen-bond acceptors (Lipinski definition) is 6. The van der Waals surface area contributed by atoms with Crippen molar-refractivity contribution >= 4 is 43.9 Å². The van der Waals surface area contributed by atoms with Gasteiger partial charge in [0, 0.05) is 6.42 Å². The van der Waals surface area contributed by atoms with E-state index in [1.165, 1.54) is 11.3 Å². The molecule has 0 unspecified atom stereocenters. The normalized spacial score (nSPS) is 13.4. The number of aromatic nitrogens is 3. The lowest BCUT2D eigenvalue weighted by Gasteiger charge is -2.27. The molecule has 4 aromatic rings. The highest BCUT2D eigenvalue weighted by molar-refractivity contribution is 7.18. The molecule has 1 amide bonds. The quantitative estimate of drug-likeness (QED) is 0.561. The minimum absolute atomic E-state index is 0.111. The second kappa shape index (κ2) is 6.93. The van der Waals surface area contributed by atoms with E-state index in [1.807, 2.05) is 55.5 Å². The number of fused-ring (bicyclic) bond motifs is 1. The van der Waals surface area contributed by atoms with E-state index < -0.39 is 5.41 Å². The van der Waals surface area contributed by atoms with Crippen molar-refractivity contribution in [2.45, 2.75) is 18.8 Å². The van der Waals surface area contributed by atoms with Gasteiger partial charge >= 0.3 is 0 Å². The van der Waals surface area contributed by atoms with Crippen LogP contribution in [0.15, 0.2) is 60.1 Å². The molecule has 5 nitrogen and oxygen atoms in total. The van der Waals surface area contributed by atoms with Crippen molar-refractivity contribution < 1.29 is 4.79 Å². The summed E-state index contributed by atoms with van der Waals surface area (Å²) < 4.78 is 1.13. The predicted molar refractivity (Wildman–Crippen MR) is 106 cm³/mol. The summed E-state index contributed by atoms with van der Waals surface area (Å²) in [5.74, 6) is -0.111. The molecule has 130 valence electrons. The van der Waals surface area contributed by atoms with Crippen molar-refractivity contribution in [3.8, 4) is 0 Å². The maximum Gasteiger partial charge on any atom is 0.237 e. The van der Waals surface area contributed by atoms with Gasteiger partial charge < -0.3 is 0 Å². The monoisotopic (exact) mass is 380 g/mol. The summed E-state index contributed by atoms with van der Waals surface area (Å²) in [6, 6.07) is 17.8. The van der Waals surface area contributed by atoms with Crippen LogP contribution in [0.5, 0.6) is 0 Å². The van der Waals surface area contributed by atoms with Crippen molar-refractivity contribution in [3.05, 3.63) is 70.7 Å². The van der Waals surface area contributed by atoms with Gasteiger partial charge in [-0.15, -0.1) is 21.5 Å². The number of thiazole rings is 1. The second-order valence-corrected chi connectivity index (χ2v) is 8.10. The number of carbonyl (C=O) groups excluding carboxylic acids is 1. The molecule has 0 fully saturated rings.